The fourth-order valence-electron chi connectivity index (χ4n) is 3.73. The predicted molar refractivity (Wildman–Crippen MR) is 116 cm³/mol. The Hall–Kier alpha value is -3.20. The first-order valence-electron chi connectivity index (χ1n) is 10.5. The third kappa shape index (κ3) is 5.16. The van der Waals surface area contributed by atoms with Crippen molar-refractivity contribution < 1.29 is 13.2 Å². The minimum Gasteiger partial charge on any atom is -0.354 e. The number of pyridine rings is 1. The third-order valence-electron chi connectivity index (χ3n) is 5.56. The molecule has 1 N–H and O–H groups in total. The van der Waals surface area contributed by atoms with E-state index in [1.165, 1.54) is 6.07 Å². The van der Waals surface area contributed by atoms with Crippen LogP contribution in [0, 0.1) is 0 Å². The largest absolute Gasteiger partial charge is 0.416 e. The lowest BCUT2D eigenvalue weighted by atomic mass is 10.1. The average Bonchev–Trinajstić information content (AvgIpc) is 2.79. The Balaban J connectivity index is 1.35. The first kappa shape index (κ1) is 22.0. The van der Waals surface area contributed by atoms with Gasteiger partial charge in [0, 0.05) is 56.2 Å². The number of alkyl halides is 3. The number of halogens is 3. The van der Waals surface area contributed by atoms with Gasteiger partial charge in [-0.05, 0) is 36.2 Å². The number of H-pyrrole nitrogens is 1. The van der Waals surface area contributed by atoms with Crippen LogP contribution in [0.5, 0.6) is 0 Å². The minimum absolute atomic E-state index is 0.180. The molecule has 1 saturated heterocycles. The van der Waals surface area contributed by atoms with Crippen LogP contribution in [0.4, 0.5) is 19.0 Å². The standard InChI is InChI=1S/C23H24F3N5O/c1-2-19-13-21(32)29-22(28-19)17-5-8-20(27-14-17)31-11-9-30(10-12-31)15-16-3-6-18(7-4-16)23(24,25)26/h3-8,13-14H,2,9-12,15H2,1H3,(H,28,29,32). The maximum atomic E-state index is 12.7. The molecule has 6 nitrogen and oxygen atoms in total. The van der Waals surface area contributed by atoms with Crippen molar-refractivity contribution in [2.75, 3.05) is 31.1 Å². The van der Waals surface area contributed by atoms with E-state index in [0.29, 0.717) is 18.8 Å². The van der Waals surface area contributed by atoms with E-state index in [0.717, 1.165) is 61.0 Å². The molecular formula is C23H24F3N5O. The van der Waals surface area contributed by atoms with E-state index in [1.54, 1.807) is 18.3 Å². The SMILES string of the molecule is CCc1cc(=O)[nH]c(-c2ccc(N3CCN(Cc4ccc(C(F)(F)F)cc4)CC3)nc2)n1. The van der Waals surface area contributed by atoms with E-state index in [9.17, 15) is 18.0 Å². The van der Waals surface area contributed by atoms with Crippen LogP contribution in [0.1, 0.15) is 23.7 Å². The summed E-state index contributed by atoms with van der Waals surface area (Å²) in [6, 6.07) is 10.7. The third-order valence-corrected chi connectivity index (χ3v) is 5.56. The van der Waals surface area contributed by atoms with E-state index in [4.69, 9.17) is 0 Å². The highest BCUT2D eigenvalue weighted by Crippen LogP contribution is 2.29. The van der Waals surface area contributed by atoms with Crippen LogP contribution in [0.25, 0.3) is 11.4 Å². The Morgan fingerprint density at radius 1 is 1.03 bits per heavy atom. The summed E-state index contributed by atoms with van der Waals surface area (Å²) >= 11 is 0. The second-order valence-corrected chi connectivity index (χ2v) is 7.80. The second kappa shape index (κ2) is 9.12. The lowest BCUT2D eigenvalue weighted by Crippen LogP contribution is -2.46. The normalized spacial score (nSPS) is 15.2. The number of nitrogens with zero attached hydrogens (tertiary/aromatic N) is 4. The molecule has 1 aliphatic rings. The molecule has 1 fully saturated rings. The van der Waals surface area contributed by atoms with Gasteiger partial charge in [0.25, 0.3) is 5.56 Å². The number of aromatic amines is 1. The van der Waals surface area contributed by atoms with Gasteiger partial charge in [-0.1, -0.05) is 19.1 Å². The van der Waals surface area contributed by atoms with Gasteiger partial charge in [0.1, 0.15) is 11.6 Å². The molecule has 32 heavy (non-hydrogen) atoms. The van der Waals surface area contributed by atoms with Gasteiger partial charge in [-0.3, -0.25) is 9.69 Å². The molecule has 3 aromatic rings. The number of anilines is 1. The highest BCUT2D eigenvalue weighted by atomic mass is 19.4. The van der Waals surface area contributed by atoms with Crippen LogP contribution in [0.3, 0.4) is 0 Å². The average molecular weight is 443 g/mol. The topological polar surface area (TPSA) is 65.1 Å². The summed E-state index contributed by atoms with van der Waals surface area (Å²) in [6.07, 6.45) is -1.92. The van der Waals surface area contributed by atoms with Crippen molar-refractivity contribution in [2.45, 2.75) is 26.1 Å². The monoisotopic (exact) mass is 443 g/mol. The molecule has 0 amide bonds. The molecule has 0 bridgehead atoms. The molecule has 0 saturated carbocycles. The zero-order valence-electron chi connectivity index (χ0n) is 17.7. The summed E-state index contributed by atoms with van der Waals surface area (Å²) in [6.45, 7) is 5.69. The number of piperazine rings is 1. The van der Waals surface area contributed by atoms with Gasteiger partial charge in [-0.25, -0.2) is 9.97 Å². The lowest BCUT2D eigenvalue weighted by Gasteiger charge is -2.35. The Kier molecular flexibility index (Phi) is 6.27. The summed E-state index contributed by atoms with van der Waals surface area (Å²) < 4.78 is 38.1. The smallest absolute Gasteiger partial charge is 0.354 e. The van der Waals surface area contributed by atoms with E-state index >= 15 is 0 Å². The molecule has 1 aliphatic heterocycles. The molecule has 9 heteroatoms. The number of rotatable bonds is 5. The zero-order chi connectivity index (χ0) is 22.7. The number of aryl methyl sites for hydroxylation is 1. The number of aromatic nitrogens is 3. The molecule has 0 radical (unpaired) electrons. The van der Waals surface area contributed by atoms with Crippen molar-refractivity contribution in [3.8, 4) is 11.4 Å². The maximum Gasteiger partial charge on any atom is 0.416 e. The zero-order valence-corrected chi connectivity index (χ0v) is 17.7. The Morgan fingerprint density at radius 2 is 1.75 bits per heavy atom. The Labute approximate surface area is 183 Å². The minimum atomic E-state index is -4.31. The predicted octanol–water partition coefficient (Wildman–Crippen LogP) is 3.74. The van der Waals surface area contributed by atoms with Crippen molar-refractivity contribution in [1.29, 1.82) is 0 Å². The fourth-order valence-corrected chi connectivity index (χ4v) is 3.73. The van der Waals surface area contributed by atoms with Crippen LogP contribution in [0.2, 0.25) is 0 Å². The van der Waals surface area contributed by atoms with E-state index in [2.05, 4.69) is 24.8 Å². The van der Waals surface area contributed by atoms with Crippen molar-refractivity contribution in [1.82, 2.24) is 19.9 Å². The molecule has 4 rings (SSSR count). The molecule has 2 aromatic heterocycles. The summed E-state index contributed by atoms with van der Waals surface area (Å²) in [5.41, 5.74) is 1.55. The van der Waals surface area contributed by atoms with Crippen LogP contribution in [-0.2, 0) is 19.1 Å². The van der Waals surface area contributed by atoms with Crippen LogP contribution in [-0.4, -0.2) is 46.0 Å². The molecule has 168 valence electrons. The molecular weight excluding hydrogens is 419 g/mol. The Morgan fingerprint density at radius 3 is 2.34 bits per heavy atom. The number of hydrogen-bond donors (Lipinski definition) is 1. The summed E-state index contributed by atoms with van der Waals surface area (Å²) in [7, 11) is 0. The molecule has 0 aliphatic carbocycles. The Bertz CT molecular complexity index is 1100. The molecule has 0 unspecified atom stereocenters. The highest BCUT2D eigenvalue weighted by Gasteiger charge is 2.30. The van der Waals surface area contributed by atoms with Crippen molar-refractivity contribution in [3.05, 3.63) is 75.8 Å². The quantitative estimate of drug-likeness (QED) is 0.651. The molecule has 3 heterocycles. The van der Waals surface area contributed by atoms with Gasteiger partial charge >= 0.3 is 6.18 Å². The molecule has 1 aromatic carbocycles. The van der Waals surface area contributed by atoms with Gasteiger partial charge in [-0.2, -0.15) is 13.2 Å². The number of nitrogens with one attached hydrogen (secondary N) is 1. The fraction of sp³-hybridized carbons (Fsp3) is 0.348. The first-order valence-corrected chi connectivity index (χ1v) is 10.5. The van der Waals surface area contributed by atoms with Crippen molar-refractivity contribution in [3.63, 3.8) is 0 Å². The van der Waals surface area contributed by atoms with E-state index in [-0.39, 0.29) is 5.56 Å². The summed E-state index contributed by atoms with van der Waals surface area (Å²) in [5.74, 6) is 1.35. The highest BCUT2D eigenvalue weighted by molar-refractivity contribution is 5.56. The number of hydrogen-bond acceptors (Lipinski definition) is 5. The van der Waals surface area contributed by atoms with Crippen LogP contribution >= 0.6 is 0 Å². The summed E-state index contributed by atoms with van der Waals surface area (Å²) in [5, 5.41) is 0. The lowest BCUT2D eigenvalue weighted by molar-refractivity contribution is -0.137. The van der Waals surface area contributed by atoms with E-state index in [1.807, 2.05) is 19.1 Å². The molecule has 0 atom stereocenters. The van der Waals surface area contributed by atoms with Crippen LogP contribution < -0.4 is 10.5 Å². The van der Waals surface area contributed by atoms with Gasteiger partial charge in [0.15, 0.2) is 0 Å². The van der Waals surface area contributed by atoms with E-state index < -0.39 is 11.7 Å². The number of benzene rings is 1. The van der Waals surface area contributed by atoms with Crippen LogP contribution in [0.15, 0.2) is 53.5 Å². The maximum absolute atomic E-state index is 12.7. The summed E-state index contributed by atoms with van der Waals surface area (Å²) in [4.78, 5) is 27.9. The first-order chi connectivity index (χ1) is 15.3. The van der Waals surface area contributed by atoms with Gasteiger partial charge < -0.3 is 9.88 Å². The second-order valence-electron chi connectivity index (χ2n) is 7.80. The molecule has 0 spiro atoms. The van der Waals surface area contributed by atoms with Crippen molar-refractivity contribution in [2.24, 2.45) is 0 Å². The van der Waals surface area contributed by atoms with Gasteiger partial charge in [0.2, 0.25) is 0 Å². The van der Waals surface area contributed by atoms with Crippen molar-refractivity contribution >= 4 is 5.82 Å². The van der Waals surface area contributed by atoms with Gasteiger partial charge in [-0.15, -0.1) is 0 Å². The van der Waals surface area contributed by atoms with Gasteiger partial charge in [0.05, 0.1) is 5.56 Å².